The van der Waals surface area contributed by atoms with Gasteiger partial charge in [0.2, 0.25) is 5.91 Å². The average molecular weight is 471 g/mol. The minimum absolute atomic E-state index is 0.123. The number of thiophene rings is 1. The lowest BCUT2D eigenvalue weighted by Gasteiger charge is -2.16. The Morgan fingerprint density at radius 2 is 1.94 bits per heavy atom. The minimum Gasteiger partial charge on any atom is -0.317 e. The van der Waals surface area contributed by atoms with Crippen LogP contribution in [0, 0.1) is 22.7 Å². The zero-order valence-corrected chi connectivity index (χ0v) is 19.7. The van der Waals surface area contributed by atoms with Crippen LogP contribution in [0.2, 0.25) is 0 Å². The predicted molar refractivity (Wildman–Crippen MR) is 131 cm³/mol. The van der Waals surface area contributed by atoms with Gasteiger partial charge in [-0.2, -0.15) is 10.5 Å². The summed E-state index contributed by atoms with van der Waals surface area (Å²) in [6.45, 7) is 0. The Morgan fingerprint density at radius 3 is 2.79 bits per heavy atom. The van der Waals surface area contributed by atoms with Crippen LogP contribution in [0.15, 0.2) is 35.4 Å². The second kappa shape index (κ2) is 9.39. The van der Waals surface area contributed by atoms with E-state index >= 15 is 0 Å². The molecule has 2 heterocycles. The maximum Gasteiger partial charge on any atom is 0.225 e. The highest BCUT2D eigenvalue weighted by molar-refractivity contribution is 7.99. The molecule has 7 heteroatoms. The quantitative estimate of drug-likeness (QED) is 0.487. The number of hydrogen-bond donors (Lipinski definition) is 1. The van der Waals surface area contributed by atoms with E-state index in [-0.39, 0.29) is 5.91 Å². The van der Waals surface area contributed by atoms with E-state index in [1.54, 1.807) is 0 Å². The van der Waals surface area contributed by atoms with Crippen molar-refractivity contribution in [2.75, 3.05) is 11.1 Å². The average Bonchev–Trinajstić information content (AvgIpc) is 3.20. The molecule has 2 aromatic heterocycles. The van der Waals surface area contributed by atoms with E-state index in [0.717, 1.165) is 54.7 Å². The molecular weight excluding hydrogens is 448 g/mol. The molecule has 33 heavy (non-hydrogen) atoms. The first-order valence-corrected chi connectivity index (χ1v) is 13.0. The molecule has 5 nitrogen and oxygen atoms in total. The second-order valence-electron chi connectivity index (χ2n) is 8.30. The molecule has 0 saturated carbocycles. The molecule has 0 spiro atoms. The fourth-order valence-electron chi connectivity index (χ4n) is 4.58. The summed E-state index contributed by atoms with van der Waals surface area (Å²) < 4.78 is 0. The number of pyridine rings is 1. The summed E-state index contributed by atoms with van der Waals surface area (Å²) in [7, 11) is 0. The van der Waals surface area contributed by atoms with Crippen molar-refractivity contribution in [3.63, 3.8) is 0 Å². The molecule has 1 aromatic carbocycles. The van der Waals surface area contributed by atoms with Gasteiger partial charge >= 0.3 is 0 Å². The molecule has 0 aliphatic heterocycles. The molecule has 164 valence electrons. The Morgan fingerprint density at radius 1 is 1.09 bits per heavy atom. The molecule has 0 bridgehead atoms. The van der Waals surface area contributed by atoms with Crippen molar-refractivity contribution in [2.45, 2.75) is 50.0 Å². The number of carbonyl (C=O) groups excluding carboxylic acids is 1. The van der Waals surface area contributed by atoms with Crippen molar-refractivity contribution >= 4 is 34.0 Å². The van der Waals surface area contributed by atoms with Crippen molar-refractivity contribution in [3.05, 3.63) is 63.8 Å². The third-order valence-corrected chi connectivity index (χ3v) is 8.41. The van der Waals surface area contributed by atoms with E-state index in [9.17, 15) is 15.3 Å². The maximum absolute atomic E-state index is 12.7. The van der Waals surface area contributed by atoms with E-state index in [2.05, 4.69) is 29.6 Å². The van der Waals surface area contributed by atoms with Gasteiger partial charge in [0.05, 0.1) is 11.1 Å². The summed E-state index contributed by atoms with van der Waals surface area (Å²) in [4.78, 5) is 18.5. The third-order valence-electron chi connectivity index (χ3n) is 6.23. The lowest BCUT2D eigenvalue weighted by Crippen LogP contribution is -2.12. The number of nitriles is 2. The van der Waals surface area contributed by atoms with Crippen molar-refractivity contribution in [2.24, 2.45) is 0 Å². The van der Waals surface area contributed by atoms with Crippen LogP contribution in [0.5, 0.6) is 0 Å². The third kappa shape index (κ3) is 4.27. The number of nitrogens with one attached hydrogen (secondary N) is 1. The molecule has 2 aliphatic rings. The van der Waals surface area contributed by atoms with Gasteiger partial charge in [0.1, 0.15) is 22.2 Å². The molecule has 1 amide bonds. The number of hydrogen-bond acceptors (Lipinski definition) is 6. The van der Waals surface area contributed by atoms with Gasteiger partial charge in [0.25, 0.3) is 0 Å². The van der Waals surface area contributed by atoms with Gasteiger partial charge in [0, 0.05) is 22.7 Å². The van der Waals surface area contributed by atoms with E-state index < -0.39 is 0 Å². The Balaban J connectivity index is 1.27. The number of amides is 1. The van der Waals surface area contributed by atoms with Crippen LogP contribution in [0.4, 0.5) is 5.00 Å². The lowest BCUT2D eigenvalue weighted by atomic mass is 9.90. The van der Waals surface area contributed by atoms with Gasteiger partial charge in [-0.05, 0) is 66.8 Å². The normalized spacial score (nSPS) is 13.8. The highest BCUT2D eigenvalue weighted by atomic mass is 32.2. The fourth-order valence-corrected chi connectivity index (χ4v) is 6.77. The number of thioether (sulfide) groups is 1. The fraction of sp³-hybridized carbons (Fsp3) is 0.308. The van der Waals surface area contributed by atoms with Crippen molar-refractivity contribution in [3.8, 4) is 22.6 Å². The molecular formula is C26H22N4OS2. The van der Waals surface area contributed by atoms with E-state index in [0.29, 0.717) is 33.3 Å². The number of nitrogens with zero attached hydrogens (tertiary/aromatic N) is 3. The smallest absolute Gasteiger partial charge is 0.225 e. The first-order valence-electron chi connectivity index (χ1n) is 11.2. The van der Waals surface area contributed by atoms with Crippen LogP contribution in [-0.4, -0.2) is 16.6 Å². The summed E-state index contributed by atoms with van der Waals surface area (Å²) >= 11 is 2.95. The van der Waals surface area contributed by atoms with Crippen LogP contribution in [0.3, 0.4) is 0 Å². The topological polar surface area (TPSA) is 89.6 Å². The highest BCUT2D eigenvalue weighted by Crippen LogP contribution is 2.44. The number of anilines is 1. The molecule has 1 N–H and O–H groups in total. The van der Waals surface area contributed by atoms with Gasteiger partial charge in [-0.15, -0.1) is 23.1 Å². The van der Waals surface area contributed by atoms with E-state index in [1.807, 2.05) is 18.2 Å². The Bertz CT molecular complexity index is 1330. The summed E-state index contributed by atoms with van der Waals surface area (Å²) in [5, 5.41) is 23.6. The monoisotopic (exact) mass is 470 g/mol. The molecule has 3 aromatic rings. The van der Waals surface area contributed by atoms with Crippen LogP contribution >= 0.6 is 23.1 Å². The van der Waals surface area contributed by atoms with Gasteiger partial charge in [0.15, 0.2) is 0 Å². The van der Waals surface area contributed by atoms with Gasteiger partial charge in [-0.25, -0.2) is 4.98 Å². The Hall–Kier alpha value is -3.13. The molecule has 0 radical (unpaired) electrons. The maximum atomic E-state index is 12.7. The molecule has 0 unspecified atom stereocenters. The molecule has 5 rings (SSSR count). The van der Waals surface area contributed by atoms with Crippen molar-refractivity contribution in [1.29, 1.82) is 10.5 Å². The number of fused-ring (bicyclic) bond motifs is 4. The van der Waals surface area contributed by atoms with Gasteiger partial charge in [-0.1, -0.05) is 24.3 Å². The summed E-state index contributed by atoms with van der Waals surface area (Å²) in [5.74, 6) is 0.407. The Kier molecular flexibility index (Phi) is 6.17. The second-order valence-corrected chi connectivity index (χ2v) is 10.4. The first-order chi connectivity index (χ1) is 16.2. The Labute approximate surface area is 201 Å². The highest BCUT2D eigenvalue weighted by Gasteiger charge is 2.25. The summed E-state index contributed by atoms with van der Waals surface area (Å²) in [6.07, 6.45) is 6.24. The number of aryl methyl sites for hydroxylation is 3. The van der Waals surface area contributed by atoms with Gasteiger partial charge in [-0.3, -0.25) is 4.79 Å². The summed E-state index contributed by atoms with van der Waals surface area (Å²) in [5.41, 5.74) is 6.96. The standard InChI is InChI=1S/C26H22N4OS2/c27-14-18-13-17-6-2-4-8-22(17)29-25(18)32-12-11-23(31)30-26-21(15-28)20-10-9-16-5-1-3-7-19(16)24(20)33-26/h1,3,5,7,13H,2,4,6,8-12H2,(H,30,31). The van der Waals surface area contributed by atoms with Crippen LogP contribution in [0.1, 0.15) is 52.8 Å². The lowest BCUT2D eigenvalue weighted by molar-refractivity contribution is -0.115. The predicted octanol–water partition coefficient (Wildman–Crippen LogP) is 5.65. The number of rotatable bonds is 5. The molecule has 0 atom stereocenters. The SMILES string of the molecule is N#Cc1cc2c(nc1SCCC(=O)Nc1sc3c(c1C#N)CCc1ccccc1-3)CCCC2. The number of aromatic nitrogens is 1. The van der Waals surface area contributed by atoms with E-state index in [4.69, 9.17) is 4.98 Å². The number of carbonyl (C=O) groups is 1. The largest absolute Gasteiger partial charge is 0.317 e. The van der Waals surface area contributed by atoms with Crippen LogP contribution in [0.25, 0.3) is 10.4 Å². The molecule has 2 aliphatic carbocycles. The molecule has 0 saturated heterocycles. The van der Waals surface area contributed by atoms with Gasteiger partial charge < -0.3 is 5.32 Å². The number of benzene rings is 1. The first kappa shape index (κ1) is 21.7. The zero-order chi connectivity index (χ0) is 22.8. The summed E-state index contributed by atoms with van der Waals surface area (Å²) in [6, 6.07) is 14.8. The molecule has 0 fully saturated rings. The van der Waals surface area contributed by atoms with Crippen LogP contribution in [-0.2, 0) is 30.5 Å². The van der Waals surface area contributed by atoms with Crippen molar-refractivity contribution < 1.29 is 4.79 Å². The minimum atomic E-state index is -0.123. The zero-order valence-electron chi connectivity index (χ0n) is 18.1. The van der Waals surface area contributed by atoms with Crippen molar-refractivity contribution in [1.82, 2.24) is 4.98 Å². The van der Waals surface area contributed by atoms with Crippen LogP contribution < -0.4 is 5.32 Å². The van der Waals surface area contributed by atoms with E-state index in [1.165, 1.54) is 39.8 Å².